The quantitative estimate of drug-likeness (QED) is 0.428. The van der Waals surface area contributed by atoms with Crippen LogP contribution < -0.4 is 20.1 Å². The second-order valence-corrected chi connectivity index (χ2v) is 8.70. The Morgan fingerprint density at radius 1 is 1.09 bits per heavy atom. The van der Waals surface area contributed by atoms with Crippen LogP contribution in [0.15, 0.2) is 54.7 Å². The lowest BCUT2D eigenvalue weighted by molar-refractivity contribution is 0.342. The van der Waals surface area contributed by atoms with Crippen molar-refractivity contribution in [1.82, 2.24) is 24.9 Å². The minimum atomic E-state index is -0.991. The van der Waals surface area contributed by atoms with Gasteiger partial charge in [-0.15, -0.1) is 0 Å². The Bertz CT molecular complexity index is 1320. The van der Waals surface area contributed by atoms with Crippen LogP contribution in [-0.4, -0.2) is 52.0 Å². The summed E-state index contributed by atoms with van der Waals surface area (Å²) in [6.07, 6.45) is 2.96. The lowest BCUT2D eigenvalue weighted by atomic mass is 10.2. The van der Waals surface area contributed by atoms with Crippen LogP contribution in [0.1, 0.15) is 24.5 Å². The van der Waals surface area contributed by atoms with Crippen LogP contribution in [0.25, 0.3) is 17.0 Å². The van der Waals surface area contributed by atoms with Gasteiger partial charge in [0.2, 0.25) is 0 Å². The number of anilines is 1. The van der Waals surface area contributed by atoms with Crippen molar-refractivity contribution in [2.45, 2.75) is 31.0 Å². The number of aromatic nitrogens is 4. The molecule has 0 radical (unpaired) electrons. The van der Waals surface area contributed by atoms with E-state index in [0.29, 0.717) is 47.7 Å². The van der Waals surface area contributed by atoms with E-state index >= 15 is 0 Å². The fourth-order valence-electron chi connectivity index (χ4n) is 4.26. The summed E-state index contributed by atoms with van der Waals surface area (Å²) in [5.74, 6) is 2.99. The molecular weight excluding hydrogens is 435 g/mol. The molecule has 1 saturated carbocycles. The number of rotatable bonds is 7. The van der Waals surface area contributed by atoms with Crippen LogP contribution in [0, 0.1) is 0 Å². The number of methoxy groups -OCH3 is 1. The molecule has 2 atom stereocenters. The number of halogens is 1. The maximum absolute atomic E-state index is 14.3. The summed E-state index contributed by atoms with van der Waals surface area (Å²) in [5, 5.41) is 11.2. The van der Waals surface area contributed by atoms with Gasteiger partial charge in [0, 0.05) is 37.2 Å². The summed E-state index contributed by atoms with van der Waals surface area (Å²) in [5.41, 5.74) is 2.96. The molecule has 6 rings (SSSR count). The normalized spacial score (nSPS) is 19.9. The number of para-hydroxylation sites is 1. The van der Waals surface area contributed by atoms with E-state index in [1.165, 1.54) is 0 Å². The predicted molar refractivity (Wildman–Crippen MR) is 126 cm³/mol. The highest BCUT2D eigenvalue weighted by molar-refractivity contribution is 5.65. The average molecular weight is 461 g/mol. The Balaban J connectivity index is 1.43. The second kappa shape index (κ2) is 8.57. The van der Waals surface area contributed by atoms with Gasteiger partial charge < -0.3 is 20.1 Å². The number of benzene rings is 1. The molecule has 2 N–H and O–H groups in total. The minimum Gasteiger partial charge on any atom is -0.495 e. The highest BCUT2D eigenvalue weighted by Gasteiger charge is 2.30. The average Bonchev–Trinajstić information content (AvgIpc) is 3.50. The van der Waals surface area contributed by atoms with Crippen LogP contribution >= 0.6 is 0 Å². The van der Waals surface area contributed by atoms with Crippen LogP contribution in [0.4, 0.5) is 10.2 Å². The lowest BCUT2D eigenvalue weighted by Crippen LogP contribution is -2.29. The molecule has 8 nitrogen and oxygen atoms in total. The third-order valence-corrected chi connectivity index (χ3v) is 6.18. The Kier molecular flexibility index (Phi) is 5.26. The third kappa shape index (κ3) is 4.03. The molecule has 3 aromatic heterocycles. The molecule has 2 aliphatic rings. The molecule has 2 fully saturated rings. The summed E-state index contributed by atoms with van der Waals surface area (Å²) in [6.45, 7) is 0.858. The lowest BCUT2D eigenvalue weighted by Gasteiger charge is -2.17. The van der Waals surface area contributed by atoms with E-state index in [2.05, 4.69) is 15.6 Å². The van der Waals surface area contributed by atoms with Gasteiger partial charge in [-0.2, -0.15) is 5.10 Å². The molecule has 4 aromatic rings. The van der Waals surface area contributed by atoms with E-state index < -0.39 is 6.17 Å². The zero-order chi connectivity index (χ0) is 23.1. The van der Waals surface area contributed by atoms with Gasteiger partial charge in [-0.25, -0.2) is 18.9 Å². The van der Waals surface area contributed by atoms with Crippen LogP contribution in [0.3, 0.4) is 0 Å². The van der Waals surface area contributed by atoms with E-state index in [1.807, 2.05) is 42.5 Å². The van der Waals surface area contributed by atoms with Crippen molar-refractivity contribution in [3.8, 4) is 28.6 Å². The van der Waals surface area contributed by atoms with Gasteiger partial charge in [-0.3, -0.25) is 0 Å². The van der Waals surface area contributed by atoms with E-state index in [-0.39, 0.29) is 6.04 Å². The standard InChI is InChI=1S/C25H25FN6O2/c1-33-22-11-24-28-14-21(32(24)31-25(22)15-7-8-15)19-9-17(34-16-5-3-2-4-6-16)10-23(29-19)30-20-13-27-12-18(20)26/h2-6,9-11,14-15,18,20,27H,7-8,12-13H2,1H3,(H,29,30)/t18-,20-/m0/s1. The first kappa shape index (κ1) is 20.9. The zero-order valence-corrected chi connectivity index (χ0v) is 18.7. The predicted octanol–water partition coefficient (Wildman–Crippen LogP) is 4.19. The molecule has 1 aliphatic heterocycles. The molecule has 0 bridgehead atoms. The number of pyridine rings is 1. The maximum Gasteiger partial charge on any atom is 0.157 e. The Labute approximate surface area is 196 Å². The summed E-state index contributed by atoms with van der Waals surface area (Å²) in [4.78, 5) is 9.31. The van der Waals surface area contributed by atoms with E-state index in [1.54, 1.807) is 23.9 Å². The zero-order valence-electron chi connectivity index (χ0n) is 18.7. The van der Waals surface area contributed by atoms with Gasteiger partial charge in [0.15, 0.2) is 5.65 Å². The van der Waals surface area contributed by atoms with Crippen LogP contribution in [0.2, 0.25) is 0 Å². The molecule has 1 aromatic carbocycles. The van der Waals surface area contributed by atoms with Gasteiger partial charge in [-0.05, 0) is 25.0 Å². The number of imidazole rings is 1. The highest BCUT2D eigenvalue weighted by atomic mass is 19.1. The summed E-state index contributed by atoms with van der Waals surface area (Å²) in [6, 6.07) is 14.7. The number of nitrogens with zero attached hydrogens (tertiary/aromatic N) is 4. The van der Waals surface area contributed by atoms with Crippen molar-refractivity contribution in [2.75, 3.05) is 25.5 Å². The molecule has 0 amide bonds. The second-order valence-electron chi connectivity index (χ2n) is 8.70. The SMILES string of the molecule is COc1cc2ncc(-c3cc(Oc4ccccc4)cc(N[C@H]4CNC[C@@H]4F)n3)n2nc1C1CC1. The first-order valence-electron chi connectivity index (χ1n) is 11.5. The smallest absolute Gasteiger partial charge is 0.157 e. The van der Waals surface area contributed by atoms with Crippen LogP contribution in [-0.2, 0) is 0 Å². The van der Waals surface area contributed by atoms with Crippen molar-refractivity contribution in [2.24, 2.45) is 0 Å². The molecule has 174 valence electrons. The number of ether oxygens (including phenoxy) is 2. The summed E-state index contributed by atoms with van der Waals surface area (Å²) >= 11 is 0. The topological polar surface area (TPSA) is 85.6 Å². The van der Waals surface area contributed by atoms with Gasteiger partial charge in [-0.1, -0.05) is 18.2 Å². The number of hydrogen-bond acceptors (Lipinski definition) is 7. The van der Waals surface area contributed by atoms with Crippen molar-refractivity contribution >= 4 is 11.5 Å². The van der Waals surface area contributed by atoms with Crippen molar-refractivity contribution in [1.29, 1.82) is 0 Å². The largest absolute Gasteiger partial charge is 0.495 e. The summed E-state index contributed by atoms with van der Waals surface area (Å²) in [7, 11) is 1.66. The molecular formula is C25H25FN6O2. The first-order valence-corrected chi connectivity index (χ1v) is 11.5. The molecule has 0 spiro atoms. The van der Waals surface area contributed by atoms with E-state index in [9.17, 15) is 4.39 Å². The number of nitrogens with one attached hydrogen (secondary N) is 2. The molecule has 0 unspecified atom stereocenters. The molecule has 9 heteroatoms. The fourth-order valence-corrected chi connectivity index (χ4v) is 4.26. The van der Waals surface area contributed by atoms with Crippen molar-refractivity contribution in [3.05, 3.63) is 60.4 Å². The number of fused-ring (bicyclic) bond motifs is 1. The number of alkyl halides is 1. The van der Waals surface area contributed by atoms with Crippen molar-refractivity contribution < 1.29 is 13.9 Å². The molecule has 4 heterocycles. The Morgan fingerprint density at radius 3 is 2.68 bits per heavy atom. The Morgan fingerprint density at radius 2 is 1.94 bits per heavy atom. The molecule has 34 heavy (non-hydrogen) atoms. The number of hydrogen-bond donors (Lipinski definition) is 2. The van der Waals surface area contributed by atoms with E-state index in [4.69, 9.17) is 19.6 Å². The van der Waals surface area contributed by atoms with Crippen LogP contribution in [0.5, 0.6) is 17.2 Å². The van der Waals surface area contributed by atoms with Gasteiger partial charge in [0.1, 0.15) is 40.6 Å². The third-order valence-electron chi connectivity index (χ3n) is 6.18. The van der Waals surface area contributed by atoms with Crippen molar-refractivity contribution in [3.63, 3.8) is 0 Å². The van der Waals surface area contributed by atoms with Gasteiger partial charge >= 0.3 is 0 Å². The van der Waals surface area contributed by atoms with Gasteiger partial charge in [0.25, 0.3) is 0 Å². The highest BCUT2D eigenvalue weighted by Crippen LogP contribution is 2.43. The fraction of sp³-hybridized carbons (Fsp3) is 0.320. The first-order chi connectivity index (χ1) is 16.7. The molecule has 1 saturated heterocycles. The van der Waals surface area contributed by atoms with E-state index in [0.717, 1.165) is 30.0 Å². The summed E-state index contributed by atoms with van der Waals surface area (Å²) < 4.78 is 27.7. The monoisotopic (exact) mass is 460 g/mol. The minimum absolute atomic E-state index is 0.327. The Hall–Kier alpha value is -3.72. The molecule has 1 aliphatic carbocycles. The van der Waals surface area contributed by atoms with Gasteiger partial charge in [0.05, 0.1) is 25.0 Å². The maximum atomic E-state index is 14.3.